The first-order valence-corrected chi connectivity index (χ1v) is 9.28. The minimum Gasteiger partial charge on any atom is -0.497 e. The van der Waals surface area contributed by atoms with E-state index in [0.717, 1.165) is 57.6 Å². The Kier molecular flexibility index (Phi) is 6.53. The molecule has 0 aromatic heterocycles. The number of methoxy groups -OCH3 is 1. The summed E-state index contributed by atoms with van der Waals surface area (Å²) in [6, 6.07) is 8.75. The van der Waals surface area contributed by atoms with Crippen LogP contribution in [0.3, 0.4) is 0 Å². The Balaban J connectivity index is 1.59. The standard InChI is InChI=1S/C19H30N4O2/c1-3-20-19(21-14-16-4-6-18(24-2)7-5-16)23-9-8-17(15-23)22-10-12-25-13-11-22/h4-7,17H,3,8-15H2,1-2H3,(H,20,21). The Labute approximate surface area is 150 Å². The van der Waals surface area contributed by atoms with E-state index in [1.54, 1.807) is 7.11 Å². The highest BCUT2D eigenvalue weighted by molar-refractivity contribution is 5.80. The van der Waals surface area contributed by atoms with Crippen molar-refractivity contribution in [3.8, 4) is 5.75 Å². The number of hydrogen-bond donors (Lipinski definition) is 1. The number of morpholine rings is 1. The summed E-state index contributed by atoms with van der Waals surface area (Å²) in [5, 5.41) is 3.45. The van der Waals surface area contributed by atoms with Crippen LogP contribution in [0, 0.1) is 0 Å². The van der Waals surface area contributed by atoms with E-state index < -0.39 is 0 Å². The molecular weight excluding hydrogens is 316 g/mol. The number of benzene rings is 1. The molecule has 2 fully saturated rings. The average molecular weight is 346 g/mol. The Morgan fingerprint density at radius 2 is 2.00 bits per heavy atom. The Morgan fingerprint density at radius 1 is 1.24 bits per heavy atom. The quantitative estimate of drug-likeness (QED) is 0.648. The third kappa shape index (κ3) is 4.86. The van der Waals surface area contributed by atoms with Crippen molar-refractivity contribution in [3.05, 3.63) is 29.8 Å². The van der Waals surface area contributed by atoms with Crippen LogP contribution in [0.25, 0.3) is 0 Å². The Bertz CT molecular complexity index is 555. The van der Waals surface area contributed by atoms with Crippen LogP contribution in [0.5, 0.6) is 5.75 Å². The van der Waals surface area contributed by atoms with Crippen LogP contribution in [-0.4, -0.2) is 74.8 Å². The first-order valence-electron chi connectivity index (χ1n) is 9.28. The molecule has 2 saturated heterocycles. The molecule has 0 radical (unpaired) electrons. The molecule has 0 aliphatic carbocycles. The smallest absolute Gasteiger partial charge is 0.194 e. The van der Waals surface area contributed by atoms with E-state index in [0.29, 0.717) is 12.6 Å². The van der Waals surface area contributed by atoms with Crippen molar-refractivity contribution in [1.82, 2.24) is 15.1 Å². The second-order valence-electron chi connectivity index (χ2n) is 6.56. The van der Waals surface area contributed by atoms with Gasteiger partial charge in [0.1, 0.15) is 5.75 Å². The molecule has 0 bridgehead atoms. The van der Waals surface area contributed by atoms with Crippen LogP contribution in [0.4, 0.5) is 0 Å². The summed E-state index contributed by atoms with van der Waals surface area (Å²) in [6.45, 7) is 9.65. The van der Waals surface area contributed by atoms with Gasteiger partial charge in [0.05, 0.1) is 26.9 Å². The van der Waals surface area contributed by atoms with E-state index in [2.05, 4.69) is 34.2 Å². The van der Waals surface area contributed by atoms with Gasteiger partial charge in [0, 0.05) is 38.8 Å². The maximum absolute atomic E-state index is 5.48. The molecule has 2 heterocycles. The van der Waals surface area contributed by atoms with Crippen molar-refractivity contribution in [1.29, 1.82) is 0 Å². The van der Waals surface area contributed by atoms with Crippen LogP contribution in [-0.2, 0) is 11.3 Å². The van der Waals surface area contributed by atoms with E-state index in [1.807, 2.05) is 12.1 Å². The van der Waals surface area contributed by atoms with Gasteiger partial charge in [-0.2, -0.15) is 0 Å². The highest BCUT2D eigenvalue weighted by Crippen LogP contribution is 2.18. The van der Waals surface area contributed by atoms with Crippen LogP contribution < -0.4 is 10.1 Å². The van der Waals surface area contributed by atoms with Crippen molar-refractivity contribution < 1.29 is 9.47 Å². The van der Waals surface area contributed by atoms with E-state index in [1.165, 1.54) is 12.0 Å². The molecular formula is C19H30N4O2. The number of hydrogen-bond acceptors (Lipinski definition) is 4. The first kappa shape index (κ1) is 18.0. The van der Waals surface area contributed by atoms with Crippen molar-refractivity contribution in [2.24, 2.45) is 4.99 Å². The summed E-state index contributed by atoms with van der Waals surface area (Å²) in [7, 11) is 1.69. The van der Waals surface area contributed by atoms with Gasteiger partial charge in [-0.25, -0.2) is 4.99 Å². The van der Waals surface area contributed by atoms with E-state index in [-0.39, 0.29) is 0 Å². The van der Waals surface area contributed by atoms with Gasteiger partial charge >= 0.3 is 0 Å². The number of guanidine groups is 1. The molecule has 6 heteroatoms. The molecule has 3 rings (SSSR count). The van der Waals surface area contributed by atoms with Crippen LogP contribution >= 0.6 is 0 Å². The van der Waals surface area contributed by atoms with Crippen molar-refractivity contribution in [3.63, 3.8) is 0 Å². The number of nitrogens with one attached hydrogen (secondary N) is 1. The number of likely N-dealkylation sites (tertiary alicyclic amines) is 1. The normalized spacial score (nSPS) is 22.2. The molecule has 1 aromatic carbocycles. The minimum atomic E-state index is 0.619. The van der Waals surface area contributed by atoms with E-state index in [4.69, 9.17) is 14.5 Å². The second kappa shape index (κ2) is 9.06. The third-order valence-corrected chi connectivity index (χ3v) is 4.93. The van der Waals surface area contributed by atoms with E-state index >= 15 is 0 Å². The maximum atomic E-state index is 5.48. The van der Waals surface area contributed by atoms with Crippen molar-refractivity contribution in [2.75, 3.05) is 53.0 Å². The zero-order chi connectivity index (χ0) is 17.5. The lowest BCUT2D eigenvalue weighted by molar-refractivity contribution is 0.0195. The summed E-state index contributed by atoms with van der Waals surface area (Å²) in [5.41, 5.74) is 1.19. The summed E-state index contributed by atoms with van der Waals surface area (Å²) in [5.74, 6) is 1.90. The fraction of sp³-hybridized carbons (Fsp3) is 0.632. The molecule has 138 valence electrons. The molecule has 0 saturated carbocycles. The highest BCUT2D eigenvalue weighted by atomic mass is 16.5. The predicted molar refractivity (Wildman–Crippen MR) is 100 cm³/mol. The number of nitrogens with zero attached hydrogens (tertiary/aromatic N) is 3. The van der Waals surface area contributed by atoms with Gasteiger partial charge in [0.2, 0.25) is 0 Å². The molecule has 25 heavy (non-hydrogen) atoms. The van der Waals surface area contributed by atoms with E-state index in [9.17, 15) is 0 Å². The van der Waals surface area contributed by atoms with Crippen molar-refractivity contribution >= 4 is 5.96 Å². The monoisotopic (exact) mass is 346 g/mol. The van der Waals surface area contributed by atoms with Crippen LogP contribution in [0.2, 0.25) is 0 Å². The van der Waals surface area contributed by atoms with Gasteiger partial charge in [0.15, 0.2) is 5.96 Å². The fourth-order valence-electron chi connectivity index (χ4n) is 3.50. The average Bonchev–Trinajstić information content (AvgIpc) is 3.16. The van der Waals surface area contributed by atoms with Gasteiger partial charge in [-0.15, -0.1) is 0 Å². The number of ether oxygens (including phenoxy) is 2. The molecule has 1 unspecified atom stereocenters. The van der Waals surface area contributed by atoms with Gasteiger partial charge < -0.3 is 19.7 Å². The van der Waals surface area contributed by atoms with Gasteiger partial charge in [0.25, 0.3) is 0 Å². The lowest BCUT2D eigenvalue weighted by atomic mass is 10.2. The molecule has 1 atom stereocenters. The molecule has 2 aliphatic rings. The second-order valence-corrected chi connectivity index (χ2v) is 6.56. The third-order valence-electron chi connectivity index (χ3n) is 4.93. The number of rotatable bonds is 5. The lowest BCUT2D eigenvalue weighted by Crippen LogP contribution is -2.46. The number of aliphatic imine (C=N–C) groups is 1. The highest BCUT2D eigenvalue weighted by Gasteiger charge is 2.30. The Morgan fingerprint density at radius 3 is 2.68 bits per heavy atom. The molecule has 6 nitrogen and oxygen atoms in total. The topological polar surface area (TPSA) is 49.3 Å². The molecule has 2 aliphatic heterocycles. The molecule has 0 amide bonds. The molecule has 1 aromatic rings. The summed E-state index contributed by atoms with van der Waals surface area (Å²) in [6.07, 6.45) is 1.20. The fourth-order valence-corrected chi connectivity index (χ4v) is 3.50. The van der Waals surface area contributed by atoms with Crippen LogP contribution in [0.1, 0.15) is 18.9 Å². The molecule has 1 N–H and O–H groups in total. The molecule has 0 spiro atoms. The van der Waals surface area contributed by atoms with Gasteiger partial charge in [-0.05, 0) is 31.0 Å². The zero-order valence-corrected chi connectivity index (χ0v) is 15.4. The van der Waals surface area contributed by atoms with Crippen LogP contribution in [0.15, 0.2) is 29.3 Å². The van der Waals surface area contributed by atoms with Crippen molar-refractivity contribution in [2.45, 2.75) is 25.9 Å². The van der Waals surface area contributed by atoms with Gasteiger partial charge in [-0.3, -0.25) is 4.90 Å². The SMILES string of the molecule is CCNC(=NCc1ccc(OC)cc1)N1CCC(N2CCOCC2)C1. The lowest BCUT2D eigenvalue weighted by Gasteiger charge is -2.32. The predicted octanol–water partition coefficient (Wildman–Crippen LogP) is 1.57. The van der Waals surface area contributed by atoms with Gasteiger partial charge in [-0.1, -0.05) is 12.1 Å². The summed E-state index contributed by atoms with van der Waals surface area (Å²) in [4.78, 5) is 9.81. The Hall–Kier alpha value is -1.79. The minimum absolute atomic E-state index is 0.619. The maximum Gasteiger partial charge on any atom is 0.194 e. The summed E-state index contributed by atoms with van der Waals surface area (Å²) >= 11 is 0. The zero-order valence-electron chi connectivity index (χ0n) is 15.4. The first-order chi connectivity index (χ1) is 12.3. The largest absolute Gasteiger partial charge is 0.497 e. The summed E-state index contributed by atoms with van der Waals surface area (Å²) < 4.78 is 10.7.